The smallest absolute Gasteiger partial charge is 0.230 e. The maximum Gasteiger partial charge on any atom is 0.230 e. The molecule has 6 nitrogen and oxygen atoms in total. The zero-order valence-electron chi connectivity index (χ0n) is 17.9. The minimum Gasteiger partial charge on any atom is -0.497 e. The standard InChI is InChI=1S/C22H32N4O2S/c1-5-16(3)23-20(27)14-29-22-25-24-21(17-10-12-18(28-4)13-11-17)26(22)19-9-7-6-8-15(19)2/h10-13,15-16,19H,5-9,14H2,1-4H3,(H,23,27)/t15-,16-,19-/m0/s1. The third kappa shape index (κ3) is 5.32. The Hall–Kier alpha value is -2.02. The molecule has 1 heterocycles. The summed E-state index contributed by atoms with van der Waals surface area (Å²) in [5.41, 5.74) is 1.02. The fourth-order valence-corrected chi connectivity index (χ4v) is 4.64. The number of methoxy groups -OCH3 is 1. The van der Waals surface area contributed by atoms with Crippen LogP contribution in [-0.4, -0.2) is 39.6 Å². The molecule has 0 spiro atoms. The topological polar surface area (TPSA) is 69.0 Å². The first-order valence-corrected chi connectivity index (χ1v) is 11.5. The number of hydrogen-bond acceptors (Lipinski definition) is 5. The Bertz CT molecular complexity index is 806. The second-order valence-electron chi connectivity index (χ2n) is 7.90. The SMILES string of the molecule is CC[C@H](C)NC(=O)CSc1nnc(-c2ccc(OC)cc2)n1[C@H]1CCCC[C@@H]1C. The molecule has 1 saturated carbocycles. The van der Waals surface area contributed by atoms with Crippen molar-refractivity contribution in [2.24, 2.45) is 5.92 Å². The first-order valence-electron chi connectivity index (χ1n) is 10.5. The van der Waals surface area contributed by atoms with E-state index in [-0.39, 0.29) is 11.9 Å². The molecule has 2 aromatic rings. The minimum absolute atomic E-state index is 0.0431. The Morgan fingerprint density at radius 3 is 2.66 bits per heavy atom. The van der Waals surface area contributed by atoms with Crippen molar-refractivity contribution in [3.05, 3.63) is 24.3 Å². The van der Waals surface area contributed by atoms with Crippen LogP contribution in [0.1, 0.15) is 58.9 Å². The number of carbonyl (C=O) groups excluding carboxylic acids is 1. The van der Waals surface area contributed by atoms with E-state index >= 15 is 0 Å². The van der Waals surface area contributed by atoms with Crippen LogP contribution >= 0.6 is 11.8 Å². The summed E-state index contributed by atoms with van der Waals surface area (Å²) in [4.78, 5) is 12.3. The second-order valence-corrected chi connectivity index (χ2v) is 8.84. The van der Waals surface area contributed by atoms with Crippen LogP contribution in [0.3, 0.4) is 0 Å². The van der Waals surface area contributed by atoms with Gasteiger partial charge in [-0.25, -0.2) is 0 Å². The Labute approximate surface area is 177 Å². The van der Waals surface area contributed by atoms with Gasteiger partial charge in [0.25, 0.3) is 0 Å². The van der Waals surface area contributed by atoms with E-state index in [2.05, 4.69) is 33.9 Å². The van der Waals surface area contributed by atoms with Crippen molar-refractivity contribution in [2.75, 3.05) is 12.9 Å². The summed E-state index contributed by atoms with van der Waals surface area (Å²) in [7, 11) is 1.67. The lowest BCUT2D eigenvalue weighted by Crippen LogP contribution is -2.33. The van der Waals surface area contributed by atoms with Gasteiger partial charge in [0, 0.05) is 17.6 Å². The molecule has 1 fully saturated rings. The van der Waals surface area contributed by atoms with Crippen LogP contribution in [0, 0.1) is 5.92 Å². The van der Waals surface area contributed by atoms with Crippen molar-refractivity contribution >= 4 is 17.7 Å². The molecular formula is C22H32N4O2S. The number of thioether (sulfide) groups is 1. The van der Waals surface area contributed by atoms with Crippen LogP contribution in [-0.2, 0) is 4.79 Å². The van der Waals surface area contributed by atoms with Crippen molar-refractivity contribution in [2.45, 2.75) is 70.1 Å². The summed E-state index contributed by atoms with van der Waals surface area (Å²) >= 11 is 1.48. The van der Waals surface area contributed by atoms with E-state index in [1.54, 1.807) is 7.11 Å². The van der Waals surface area contributed by atoms with Crippen LogP contribution in [0.5, 0.6) is 5.75 Å². The number of hydrogen-bond donors (Lipinski definition) is 1. The number of rotatable bonds is 8. The Morgan fingerprint density at radius 2 is 2.00 bits per heavy atom. The predicted molar refractivity (Wildman–Crippen MR) is 117 cm³/mol. The zero-order valence-corrected chi connectivity index (χ0v) is 18.7. The lowest BCUT2D eigenvalue weighted by atomic mass is 9.85. The molecule has 1 aliphatic carbocycles. The Kier molecular flexibility index (Phi) is 7.58. The normalized spacial score (nSPS) is 20.3. The molecular weight excluding hydrogens is 384 g/mol. The van der Waals surface area contributed by atoms with E-state index < -0.39 is 0 Å². The van der Waals surface area contributed by atoms with Gasteiger partial charge in [0.05, 0.1) is 12.9 Å². The highest BCUT2D eigenvalue weighted by Crippen LogP contribution is 2.39. The highest BCUT2D eigenvalue weighted by Gasteiger charge is 2.29. The molecule has 1 aromatic heterocycles. The van der Waals surface area contributed by atoms with Gasteiger partial charge in [0.15, 0.2) is 11.0 Å². The Morgan fingerprint density at radius 1 is 1.28 bits per heavy atom. The third-order valence-electron chi connectivity index (χ3n) is 5.76. The van der Waals surface area contributed by atoms with Crippen LogP contribution in [0.25, 0.3) is 11.4 Å². The molecule has 0 aliphatic heterocycles. The van der Waals surface area contributed by atoms with Gasteiger partial charge in [0.2, 0.25) is 5.91 Å². The molecule has 0 saturated heterocycles. The van der Waals surface area contributed by atoms with E-state index in [9.17, 15) is 4.79 Å². The first-order chi connectivity index (χ1) is 14.0. The highest BCUT2D eigenvalue weighted by atomic mass is 32.2. The van der Waals surface area contributed by atoms with Crippen molar-refractivity contribution in [1.29, 1.82) is 0 Å². The van der Waals surface area contributed by atoms with Crippen LogP contribution in [0.4, 0.5) is 0 Å². The van der Waals surface area contributed by atoms with Crippen molar-refractivity contribution in [3.63, 3.8) is 0 Å². The molecule has 3 atom stereocenters. The van der Waals surface area contributed by atoms with Crippen LogP contribution in [0.2, 0.25) is 0 Å². The summed E-state index contributed by atoms with van der Waals surface area (Å²) in [6.07, 6.45) is 5.75. The van der Waals surface area contributed by atoms with Crippen molar-refractivity contribution in [1.82, 2.24) is 20.1 Å². The molecule has 1 aromatic carbocycles. The monoisotopic (exact) mass is 416 g/mol. The molecule has 0 bridgehead atoms. The number of benzene rings is 1. The lowest BCUT2D eigenvalue weighted by molar-refractivity contribution is -0.119. The van der Waals surface area contributed by atoms with Gasteiger partial charge in [-0.15, -0.1) is 10.2 Å². The van der Waals surface area contributed by atoms with Crippen molar-refractivity contribution < 1.29 is 9.53 Å². The molecule has 0 radical (unpaired) electrons. The average Bonchev–Trinajstić information content (AvgIpc) is 3.16. The molecule has 158 valence electrons. The number of aromatic nitrogens is 3. The average molecular weight is 417 g/mol. The fourth-order valence-electron chi connectivity index (χ4n) is 3.84. The van der Waals surface area contributed by atoms with Gasteiger partial charge in [-0.05, 0) is 56.4 Å². The van der Waals surface area contributed by atoms with Gasteiger partial charge < -0.3 is 10.1 Å². The highest BCUT2D eigenvalue weighted by molar-refractivity contribution is 7.99. The fraction of sp³-hybridized carbons (Fsp3) is 0.591. The largest absolute Gasteiger partial charge is 0.497 e. The zero-order chi connectivity index (χ0) is 20.8. The van der Waals surface area contributed by atoms with Gasteiger partial charge in [-0.1, -0.05) is 38.5 Å². The van der Waals surface area contributed by atoms with Gasteiger partial charge >= 0.3 is 0 Å². The predicted octanol–water partition coefficient (Wildman–Crippen LogP) is 4.71. The lowest BCUT2D eigenvalue weighted by Gasteiger charge is -2.31. The maximum absolute atomic E-state index is 12.3. The van der Waals surface area contributed by atoms with Crippen molar-refractivity contribution in [3.8, 4) is 17.1 Å². The molecule has 1 N–H and O–H groups in total. The number of ether oxygens (including phenoxy) is 1. The summed E-state index contributed by atoms with van der Waals surface area (Å²) in [6.45, 7) is 6.41. The molecule has 0 unspecified atom stereocenters. The van der Waals surface area contributed by atoms with Crippen LogP contribution < -0.4 is 10.1 Å². The number of amides is 1. The minimum atomic E-state index is 0.0431. The summed E-state index contributed by atoms with van der Waals surface area (Å²) in [5, 5.41) is 12.9. The third-order valence-corrected chi connectivity index (χ3v) is 6.71. The second kappa shape index (κ2) is 10.1. The van der Waals surface area contributed by atoms with E-state index in [0.29, 0.717) is 17.7 Å². The number of carbonyl (C=O) groups is 1. The summed E-state index contributed by atoms with van der Waals surface area (Å²) in [6, 6.07) is 8.49. The Balaban J connectivity index is 1.87. The summed E-state index contributed by atoms with van der Waals surface area (Å²) < 4.78 is 7.56. The van der Waals surface area contributed by atoms with Gasteiger partial charge in [-0.2, -0.15) is 0 Å². The van der Waals surface area contributed by atoms with Gasteiger partial charge in [-0.3, -0.25) is 9.36 Å². The quantitative estimate of drug-likeness (QED) is 0.631. The van der Waals surface area contributed by atoms with E-state index in [0.717, 1.165) is 35.1 Å². The molecule has 3 rings (SSSR count). The summed E-state index contributed by atoms with van der Waals surface area (Å²) in [5.74, 6) is 2.65. The van der Waals surface area contributed by atoms with Gasteiger partial charge in [0.1, 0.15) is 5.75 Å². The molecule has 1 amide bonds. The first kappa shape index (κ1) is 21.7. The number of nitrogens with one attached hydrogen (secondary N) is 1. The molecule has 1 aliphatic rings. The van der Waals surface area contributed by atoms with E-state index in [4.69, 9.17) is 4.74 Å². The van der Waals surface area contributed by atoms with E-state index in [1.807, 2.05) is 31.2 Å². The molecule has 7 heteroatoms. The van der Waals surface area contributed by atoms with Crippen LogP contribution in [0.15, 0.2) is 29.4 Å². The van der Waals surface area contributed by atoms with E-state index in [1.165, 1.54) is 31.0 Å². The molecule has 29 heavy (non-hydrogen) atoms. The number of nitrogens with zero attached hydrogens (tertiary/aromatic N) is 3. The maximum atomic E-state index is 12.3.